The lowest BCUT2D eigenvalue weighted by molar-refractivity contribution is -0.0515. The predicted molar refractivity (Wildman–Crippen MR) is 112 cm³/mol. The molecule has 1 saturated heterocycles. The van der Waals surface area contributed by atoms with Gasteiger partial charge >= 0.3 is 7.82 Å². The van der Waals surface area contributed by atoms with Crippen molar-refractivity contribution in [1.82, 2.24) is 0 Å². The van der Waals surface area contributed by atoms with Crippen LogP contribution in [0, 0.1) is 34.0 Å². The van der Waals surface area contributed by atoms with Gasteiger partial charge < -0.3 is 19.1 Å². The maximum atomic E-state index is 12.7. The van der Waals surface area contributed by atoms with Gasteiger partial charge in [-0.1, -0.05) is 12.2 Å². The topological polar surface area (TPSA) is 131 Å². The number of ether oxygens (including phenoxy) is 3. The summed E-state index contributed by atoms with van der Waals surface area (Å²) in [7, 11) is 7.18. The molecule has 1 heterocycles. The molecule has 9 nitrogen and oxygen atoms in total. The highest BCUT2D eigenvalue weighted by Crippen LogP contribution is 2.52. The Morgan fingerprint density at radius 3 is 2.35 bits per heavy atom. The van der Waals surface area contributed by atoms with Crippen LogP contribution in [0.25, 0.3) is 0 Å². The van der Waals surface area contributed by atoms with Crippen LogP contribution >= 0.6 is 7.82 Å². The summed E-state index contributed by atoms with van der Waals surface area (Å²) in [6.07, 6.45) is -1.67. The number of nitrogens with zero attached hydrogens (tertiary/aromatic N) is 2. The molecule has 4 radical (unpaired) electrons. The van der Waals surface area contributed by atoms with Crippen molar-refractivity contribution in [2.24, 2.45) is 11.3 Å². The first-order valence-electron chi connectivity index (χ1n) is 10.4. The molecule has 0 aromatic rings. The molecule has 12 heteroatoms. The summed E-state index contributed by atoms with van der Waals surface area (Å²) in [6, 6.07) is 2.22. The minimum Gasteiger partial charge on any atom is -0.377 e. The molecule has 0 aromatic heterocycles. The number of hydrogen-bond acceptors (Lipinski definition) is 8. The van der Waals surface area contributed by atoms with E-state index in [1.807, 2.05) is 13.8 Å². The minimum atomic E-state index is -4.68. The van der Waals surface area contributed by atoms with Gasteiger partial charge in [-0.2, -0.15) is 10.5 Å². The lowest BCUT2D eigenvalue weighted by atomic mass is 9.72. The quantitative estimate of drug-likeness (QED) is 0.392. The van der Waals surface area contributed by atoms with Crippen LogP contribution in [0.1, 0.15) is 40.5 Å². The second-order valence-corrected chi connectivity index (χ2v) is 9.98. The van der Waals surface area contributed by atoms with E-state index >= 15 is 0 Å². The lowest BCUT2D eigenvalue weighted by Gasteiger charge is -2.28. The smallest absolute Gasteiger partial charge is 0.377 e. The van der Waals surface area contributed by atoms with E-state index in [0.29, 0.717) is 12.8 Å². The molecule has 0 aromatic carbocycles. The Bertz CT molecular complexity index is 728. The molecule has 0 amide bonds. The first-order chi connectivity index (χ1) is 14.4. The van der Waals surface area contributed by atoms with Gasteiger partial charge in [0.1, 0.15) is 20.1 Å². The van der Waals surface area contributed by atoms with Gasteiger partial charge in [0.25, 0.3) is 0 Å². The first kappa shape index (κ1) is 26.4. The number of nitriles is 2. The van der Waals surface area contributed by atoms with Crippen molar-refractivity contribution >= 4 is 23.5 Å². The highest BCUT2D eigenvalue weighted by Gasteiger charge is 2.59. The number of rotatable bonds is 10. The Hall–Kier alpha value is -0.900. The standard InChI is InChI=1S/C19H29B2N2O7P/c1-11(2)26-8-16-17(19(9-22,10-23)18(21)29-16)30-31(24,25)27-7-13-5-14(20)6-15(13)28-12(3)4/h11-18H,5-8H2,1-4H3,(H,24,25). The molecule has 7 atom stereocenters. The van der Waals surface area contributed by atoms with E-state index in [4.69, 9.17) is 39.0 Å². The summed E-state index contributed by atoms with van der Waals surface area (Å²) in [6.45, 7) is 7.16. The third kappa shape index (κ3) is 6.55. The molecule has 1 N–H and O–H groups in total. The van der Waals surface area contributed by atoms with Gasteiger partial charge in [0, 0.05) is 5.92 Å². The predicted octanol–water partition coefficient (Wildman–Crippen LogP) is 2.00. The SMILES string of the molecule is [B]C1CC(COP(=O)(O)OC2C(COC(C)C)OC([B])C2(C#N)C#N)C(OC(C)C)C1. The third-order valence-corrected chi connectivity index (χ3v) is 6.30. The van der Waals surface area contributed by atoms with Crippen molar-refractivity contribution < 1.29 is 32.7 Å². The number of phosphoric acid groups is 1. The molecule has 7 unspecified atom stereocenters. The number of hydrogen-bond donors (Lipinski definition) is 1. The van der Waals surface area contributed by atoms with Crippen LogP contribution in [0.2, 0.25) is 5.82 Å². The minimum absolute atomic E-state index is 0.0271. The highest BCUT2D eigenvalue weighted by molar-refractivity contribution is 7.47. The molecule has 2 rings (SSSR count). The molecule has 2 fully saturated rings. The molecule has 31 heavy (non-hydrogen) atoms. The van der Waals surface area contributed by atoms with Crippen LogP contribution in [-0.4, -0.2) is 70.3 Å². The van der Waals surface area contributed by atoms with Crippen LogP contribution in [0.5, 0.6) is 0 Å². The summed E-state index contributed by atoms with van der Waals surface area (Å²) < 4.78 is 40.1. The van der Waals surface area contributed by atoms with E-state index in [9.17, 15) is 20.0 Å². The fourth-order valence-corrected chi connectivity index (χ4v) is 4.88. The molecule has 2 aliphatic rings. The van der Waals surface area contributed by atoms with Gasteiger partial charge in [-0.05, 0) is 34.1 Å². The van der Waals surface area contributed by atoms with E-state index in [0.717, 1.165) is 0 Å². The van der Waals surface area contributed by atoms with Crippen molar-refractivity contribution in [2.75, 3.05) is 13.2 Å². The molecule has 1 saturated carbocycles. The summed E-state index contributed by atoms with van der Waals surface area (Å²) in [5, 5.41) is 19.2. The summed E-state index contributed by atoms with van der Waals surface area (Å²) in [4.78, 5) is 10.4. The van der Waals surface area contributed by atoms with E-state index in [1.54, 1.807) is 26.0 Å². The van der Waals surface area contributed by atoms with Crippen LogP contribution < -0.4 is 0 Å². The second kappa shape index (κ2) is 10.8. The fraction of sp³-hybridized carbons (Fsp3) is 0.895. The van der Waals surface area contributed by atoms with Crippen molar-refractivity contribution in [3.8, 4) is 12.1 Å². The molecule has 0 bridgehead atoms. The van der Waals surface area contributed by atoms with Crippen LogP contribution in [0.15, 0.2) is 0 Å². The number of phosphoric ester groups is 1. The molecule has 1 aliphatic heterocycles. The van der Waals surface area contributed by atoms with Crippen LogP contribution in [-0.2, 0) is 27.8 Å². The Balaban J connectivity index is 2.11. The lowest BCUT2D eigenvalue weighted by Crippen LogP contribution is -2.42. The maximum absolute atomic E-state index is 12.7. The van der Waals surface area contributed by atoms with Gasteiger partial charge in [0.2, 0.25) is 0 Å². The van der Waals surface area contributed by atoms with Gasteiger partial charge in [0.05, 0.1) is 57.5 Å². The summed E-state index contributed by atoms with van der Waals surface area (Å²) >= 11 is 0. The normalized spacial score (nSPS) is 34.5. The zero-order valence-corrected chi connectivity index (χ0v) is 19.2. The third-order valence-electron chi connectivity index (χ3n) is 5.33. The highest BCUT2D eigenvalue weighted by atomic mass is 31.2. The fourth-order valence-electron chi connectivity index (χ4n) is 3.85. The Morgan fingerprint density at radius 2 is 1.81 bits per heavy atom. The van der Waals surface area contributed by atoms with Crippen LogP contribution in [0.4, 0.5) is 0 Å². The van der Waals surface area contributed by atoms with Gasteiger partial charge in [-0.3, -0.25) is 9.05 Å². The molecule has 168 valence electrons. The van der Waals surface area contributed by atoms with Gasteiger partial charge in [-0.15, -0.1) is 0 Å². The Morgan fingerprint density at radius 1 is 1.16 bits per heavy atom. The zero-order chi connectivity index (χ0) is 23.4. The van der Waals surface area contributed by atoms with Gasteiger partial charge in [-0.25, -0.2) is 4.57 Å². The van der Waals surface area contributed by atoms with Crippen molar-refractivity contribution in [3.63, 3.8) is 0 Å². The Kier molecular flexibility index (Phi) is 9.19. The van der Waals surface area contributed by atoms with Crippen molar-refractivity contribution in [2.45, 2.75) is 82.9 Å². The van der Waals surface area contributed by atoms with E-state index in [1.165, 1.54) is 0 Å². The second-order valence-electron chi connectivity index (χ2n) is 8.58. The van der Waals surface area contributed by atoms with Crippen LogP contribution in [0.3, 0.4) is 0 Å². The van der Waals surface area contributed by atoms with E-state index < -0.39 is 31.4 Å². The molecular formula is C19H29B2N2O7P. The largest absolute Gasteiger partial charge is 0.472 e. The van der Waals surface area contributed by atoms with Gasteiger partial charge in [0.15, 0.2) is 5.41 Å². The zero-order valence-electron chi connectivity index (χ0n) is 18.3. The molecular weight excluding hydrogens is 421 g/mol. The monoisotopic (exact) mass is 450 g/mol. The average molecular weight is 450 g/mol. The summed E-state index contributed by atoms with van der Waals surface area (Å²) in [5.74, 6) is -0.291. The molecule has 1 aliphatic carbocycles. The molecule has 0 spiro atoms. The Labute approximate surface area is 186 Å². The maximum Gasteiger partial charge on any atom is 0.472 e. The van der Waals surface area contributed by atoms with E-state index in [2.05, 4.69) is 0 Å². The van der Waals surface area contributed by atoms with E-state index in [-0.39, 0.29) is 43.3 Å². The summed E-state index contributed by atoms with van der Waals surface area (Å²) in [5.41, 5.74) is -1.99. The average Bonchev–Trinajstić information content (AvgIpc) is 3.14. The first-order valence-corrected chi connectivity index (χ1v) is 11.9. The van der Waals surface area contributed by atoms with Crippen molar-refractivity contribution in [1.29, 1.82) is 10.5 Å². The van der Waals surface area contributed by atoms with Crippen molar-refractivity contribution in [3.05, 3.63) is 0 Å².